The number of aliphatic hydroxyl groups is 1. The minimum Gasteiger partial charge on any atom is -0.389 e. The molecule has 1 N–H and O–H groups in total. The molecule has 2 heteroatoms. The molecule has 0 radical (unpaired) electrons. The van der Waals surface area contributed by atoms with Crippen molar-refractivity contribution in [3.05, 3.63) is 29.8 Å². The Labute approximate surface area is 97.9 Å². The van der Waals surface area contributed by atoms with Gasteiger partial charge < -0.3 is 10.0 Å². The van der Waals surface area contributed by atoms with Gasteiger partial charge in [0.1, 0.15) is 0 Å². The maximum atomic E-state index is 9.77. The van der Waals surface area contributed by atoms with Crippen molar-refractivity contribution in [2.24, 2.45) is 5.92 Å². The molecule has 88 valence electrons. The van der Waals surface area contributed by atoms with Crippen LogP contribution in [0.2, 0.25) is 0 Å². The number of hydrogen-bond acceptors (Lipinski definition) is 2. The van der Waals surface area contributed by atoms with E-state index in [0.717, 1.165) is 24.6 Å². The molecular formula is C14H21NO. The molecule has 1 aromatic rings. The first-order valence-electron chi connectivity index (χ1n) is 6.24. The maximum absolute atomic E-state index is 9.77. The van der Waals surface area contributed by atoms with E-state index in [4.69, 9.17) is 0 Å². The third-order valence-electron chi connectivity index (χ3n) is 3.28. The van der Waals surface area contributed by atoms with Crippen LogP contribution in [0.25, 0.3) is 0 Å². The van der Waals surface area contributed by atoms with Crippen LogP contribution in [0.5, 0.6) is 0 Å². The Morgan fingerprint density at radius 2 is 2.06 bits per heavy atom. The number of nitrogens with zero attached hydrogens (tertiary/aromatic N) is 1. The molecule has 0 amide bonds. The molecule has 1 saturated carbocycles. The zero-order chi connectivity index (χ0) is 11.5. The van der Waals surface area contributed by atoms with Crippen molar-refractivity contribution in [1.29, 1.82) is 0 Å². The van der Waals surface area contributed by atoms with Gasteiger partial charge in [0.2, 0.25) is 0 Å². The molecule has 1 aromatic carbocycles. The van der Waals surface area contributed by atoms with E-state index in [2.05, 4.69) is 24.0 Å². The van der Waals surface area contributed by atoms with Crippen LogP contribution in [-0.4, -0.2) is 18.2 Å². The number of rotatable bonds is 5. The highest BCUT2D eigenvalue weighted by Crippen LogP contribution is 2.33. The minimum atomic E-state index is -0.385. The first kappa shape index (κ1) is 11.5. The van der Waals surface area contributed by atoms with Gasteiger partial charge in [-0.25, -0.2) is 0 Å². The quantitative estimate of drug-likeness (QED) is 0.823. The summed E-state index contributed by atoms with van der Waals surface area (Å²) < 4.78 is 0. The van der Waals surface area contributed by atoms with Gasteiger partial charge in [-0.15, -0.1) is 0 Å². The normalized spacial score (nSPS) is 17.2. The molecule has 1 fully saturated rings. The highest BCUT2D eigenvalue weighted by atomic mass is 16.3. The van der Waals surface area contributed by atoms with Crippen LogP contribution in [0.1, 0.15) is 38.4 Å². The summed E-state index contributed by atoms with van der Waals surface area (Å²) in [4.78, 5) is 2.39. The van der Waals surface area contributed by atoms with Crippen LogP contribution in [0.4, 0.5) is 5.69 Å². The maximum Gasteiger partial charge on any atom is 0.0781 e. The monoisotopic (exact) mass is 219 g/mol. The summed E-state index contributed by atoms with van der Waals surface area (Å²) in [5.41, 5.74) is 2.25. The lowest BCUT2D eigenvalue weighted by Gasteiger charge is -2.26. The van der Waals surface area contributed by atoms with E-state index in [1.54, 1.807) is 0 Å². The lowest BCUT2D eigenvalue weighted by Crippen LogP contribution is -2.26. The van der Waals surface area contributed by atoms with E-state index in [9.17, 15) is 5.11 Å². The van der Waals surface area contributed by atoms with E-state index in [1.165, 1.54) is 18.5 Å². The molecule has 1 aliphatic rings. The average molecular weight is 219 g/mol. The predicted octanol–water partition coefficient (Wildman–Crippen LogP) is 2.98. The average Bonchev–Trinajstić information content (AvgIpc) is 3.09. The summed E-state index contributed by atoms with van der Waals surface area (Å²) in [5, 5.41) is 9.77. The molecule has 0 heterocycles. The zero-order valence-corrected chi connectivity index (χ0v) is 10.2. The van der Waals surface area contributed by atoms with Crippen LogP contribution < -0.4 is 4.90 Å². The van der Waals surface area contributed by atoms with Crippen LogP contribution in [0, 0.1) is 5.92 Å². The Morgan fingerprint density at radius 3 is 2.62 bits per heavy atom. The van der Waals surface area contributed by atoms with Crippen LogP contribution in [0.3, 0.4) is 0 Å². The van der Waals surface area contributed by atoms with Gasteiger partial charge in [0.05, 0.1) is 6.10 Å². The smallest absolute Gasteiger partial charge is 0.0781 e. The summed E-state index contributed by atoms with van der Waals surface area (Å²) in [5.74, 6) is 0.877. The molecular weight excluding hydrogens is 198 g/mol. The van der Waals surface area contributed by atoms with Gasteiger partial charge >= 0.3 is 0 Å². The van der Waals surface area contributed by atoms with Crippen LogP contribution in [0.15, 0.2) is 24.3 Å². The zero-order valence-electron chi connectivity index (χ0n) is 10.2. The number of anilines is 1. The van der Waals surface area contributed by atoms with Crippen molar-refractivity contribution in [3.63, 3.8) is 0 Å². The van der Waals surface area contributed by atoms with Crippen molar-refractivity contribution in [3.8, 4) is 0 Å². The second kappa shape index (κ2) is 4.88. The standard InChI is InChI=1S/C14H21NO/c1-3-15(10-12-8-9-12)14-7-5-4-6-13(14)11(2)16/h4-7,11-12,16H,3,8-10H2,1-2H3. The molecule has 0 aromatic heterocycles. The lowest BCUT2D eigenvalue weighted by molar-refractivity contribution is 0.199. The molecule has 0 spiro atoms. The highest BCUT2D eigenvalue weighted by molar-refractivity contribution is 5.54. The van der Waals surface area contributed by atoms with Crippen molar-refractivity contribution < 1.29 is 5.11 Å². The lowest BCUT2D eigenvalue weighted by atomic mass is 10.1. The Balaban J connectivity index is 2.21. The fourth-order valence-electron chi connectivity index (χ4n) is 2.14. The number of aliphatic hydroxyl groups excluding tert-OH is 1. The highest BCUT2D eigenvalue weighted by Gasteiger charge is 2.25. The summed E-state index contributed by atoms with van der Waals surface area (Å²) in [6, 6.07) is 8.19. The van der Waals surface area contributed by atoms with Gasteiger partial charge in [-0.3, -0.25) is 0 Å². The van der Waals surface area contributed by atoms with E-state index in [0.29, 0.717) is 0 Å². The molecule has 1 aliphatic carbocycles. The summed E-state index contributed by atoms with van der Waals surface area (Å²) in [6.07, 6.45) is 2.35. The minimum absolute atomic E-state index is 0.385. The Kier molecular flexibility index (Phi) is 3.49. The van der Waals surface area contributed by atoms with Crippen molar-refractivity contribution in [1.82, 2.24) is 0 Å². The predicted molar refractivity (Wildman–Crippen MR) is 67.7 cm³/mol. The molecule has 2 nitrogen and oxygen atoms in total. The second-order valence-electron chi connectivity index (χ2n) is 4.72. The van der Waals surface area contributed by atoms with Gasteiger partial charge in [-0.1, -0.05) is 18.2 Å². The third-order valence-corrected chi connectivity index (χ3v) is 3.28. The molecule has 16 heavy (non-hydrogen) atoms. The third kappa shape index (κ3) is 2.56. The van der Waals surface area contributed by atoms with Gasteiger partial charge in [-0.2, -0.15) is 0 Å². The molecule has 0 bridgehead atoms. The second-order valence-corrected chi connectivity index (χ2v) is 4.72. The topological polar surface area (TPSA) is 23.5 Å². The number of benzene rings is 1. The van der Waals surface area contributed by atoms with Gasteiger partial charge in [0.25, 0.3) is 0 Å². The van der Waals surface area contributed by atoms with E-state index in [-0.39, 0.29) is 6.10 Å². The van der Waals surface area contributed by atoms with E-state index in [1.807, 2.05) is 19.1 Å². The van der Waals surface area contributed by atoms with Gasteiger partial charge in [-0.05, 0) is 38.7 Å². The Hall–Kier alpha value is -1.02. The van der Waals surface area contributed by atoms with Crippen LogP contribution in [-0.2, 0) is 0 Å². The van der Waals surface area contributed by atoms with E-state index < -0.39 is 0 Å². The summed E-state index contributed by atoms with van der Waals surface area (Å²) >= 11 is 0. The largest absolute Gasteiger partial charge is 0.389 e. The molecule has 1 unspecified atom stereocenters. The van der Waals surface area contributed by atoms with E-state index >= 15 is 0 Å². The van der Waals surface area contributed by atoms with Crippen molar-refractivity contribution in [2.45, 2.75) is 32.8 Å². The summed E-state index contributed by atoms with van der Waals surface area (Å²) in [7, 11) is 0. The SMILES string of the molecule is CCN(CC1CC1)c1ccccc1C(C)O. The summed E-state index contributed by atoms with van der Waals surface area (Å²) in [6.45, 7) is 6.17. The molecule has 0 saturated heterocycles. The first-order chi connectivity index (χ1) is 7.72. The first-order valence-corrected chi connectivity index (χ1v) is 6.24. The number of para-hydroxylation sites is 1. The Bertz CT molecular complexity index is 344. The van der Waals surface area contributed by atoms with Crippen molar-refractivity contribution >= 4 is 5.69 Å². The number of hydrogen-bond donors (Lipinski definition) is 1. The van der Waals surface area contributed by atoms with Gasteiger partial charge in [0, 0.05) is 24.3 Å². The van der Waals surface area contributed by atoms with Gasteiger partial charge in [0.15, 0.2) is 0 Å². The molecule has 1 atom stereocenters. The molecule has 2 rings (SSSR count). The Morgan fingerprint density at radius 1 is 1.38 bits per heavy atom. The van der Waals surface area contributed by atoms with Crippen LogP contribution >= 0.6 is 0 Å². The fourth-order valence-corrected chi connectivity index (χ4v) is 2.14. The molecule has 0 aliphatic heterocycles. The van der Waals surface area contributed by atoms with Crippen molar-refractivity contribution in [2.75, 3.05) is 18.0 Å². The fraction of sp³-hybridized carbons (Fsp3) is 0.571.